The van der Waals surface area contributed by atoms with Gasteiger partial charge in [-0.05, 0) is 11.4 Å². The molecule has 0 aliphatic carbocycles. The second-order valence-corrected chi connectivity index (χ2v) is 7.38. The predicted octanol–water partition coefficient (Wildman–Crippen LogP) is 1.78. The lowest BCUT2D eigenvalue weighted by molar-refractivity contribution is 0.581. The Kier molecular flexibility index (Phi) is 4.46. The van der Waals surface area contributed by atoms with Crippen LogP contribution in [0.25, 0.3) is 0 Å². The minimum atomic E-state index is -3.59. The van der Waals surface area contributed by atoms with Crippen molar-refractivity contribution >= 4 is 27.2 Å². The summed E-state index contributed by atoms with van der Waals surface area (Å²) in [4.78, 5) is 1.10. The van der Waals surface area contributed by atoms with E-state index in [1.165, 1.54) is 11.3 Å². The largest absolute Gasteiger partial charge is 0.310 e. The minimum absolute atomic E-state index is 0.302. The monoisotopic (exact) mass is 314 g/mol. The van der Waals surface area contributed by atoms with Crippen LogP contribution < -0.4 is 10.0 Å². The second kappa shape index (κ2) is 5.94. The maximum Gasteiger partial charge on any atom is 0.264 e. The first-order chi connectivity index (χ1) is 9.38. The molecule has 0 aromatic carbocycles. The van der Waals surface area contributed by atoms with Crippen molar-refractivity contribution in [1.82, 2.24) is 15.1 Å². The first-order valence-electron chi connectivity index (χ1n) is 6.20. The Hall–Kier alpha value is -1.38. The lowest BCUT2D eigenvalue weighted by Gasteiger charge is -2.09. The van der Waals surface area contributed by atoms with E-state index in [2.05, 4.69) is 15.1 Å². The van der Waals surface area contributed by atoms with Crippen molar-refractivity contribution in [2.45, 2.75) is 31.3 Å². The number of anilines is 1. The zero-order valence-electron chi connectivity index (χ0n) is 11.6. The van der Waals surface area contributed by atoms with E-state index in [0.29, 0.717) is 23.3 Å². The summed E-state index contributed by atoms with van der Waals surface area (Å²) in [5, 5.41) is 9.03. The predicted molar refractivity (Wildman–Crippen MR) is 80.3 cm³/mol. The van der Waals surface area contributed by atoms with E-state index in [1.54, 1.807) is 35.4 Å². The molecule has 0 saturated heterocycles. The maximum absolute atomic E-state index is 12.4. The number of nitrogens with zero attached hydrogens (tertiary/aromatic N) is 2. The molecule has 2 heterocycles. The zero-order chi connectivity index (χ0) is 14.8. The molecule has 6 nitrogen and oxygen atoms in total. The standard InChI is InChI=1S/C12H18N4O2S2/c1-9(2)13-8-10-11(5-7-19-10)20(17,18)15-12-4-6-16(3)14-12/h4-7,9,13H,8H2,1-3H3,(H,14,15). The second-order valence-electron chi connectivity index (χ2n) is 4.72. The molecule has 2 aromatic heterocycles. The highest BCUT2D eigenvalue weighted by atomic mass is 32.2. The first-order valence-corrected chi connectivity index (χ1v) is 8.57. The molecule has 2 rings (SSSR count). The van der Waals surface area contributed by atoms with Crippen LogP contribution in [-0.4, -0.2) is 24.2 Å². The first kappa shape index (κ1) is 15.0. The molecule has 0 fully saturated rings. The normalized spacial score (nSPS) is 12.0. The van der Waals surface area contributed by atoms with E-state index in [9.17, 15) is 8.42 Å². The van der Waals surface area contributed by atoms with Crippen LogP contribution in [0.3, 0.4) is 0 Å². The molecule has 20 heavy (non-hydrogen) atoms. The van der Waals surface area contributed by atoms with Crippen molar-refractivity contribution in [2.75, 3.05) is 4.72 Å². The van der Waals surface area contributed by atoms with Gasteiger partial charge in [-0.25, -0.2) is 8.42 Å². The summed E-state index contributed by atoms with van der Waals surface area (Å²) >= 11 is 1.43. The third-order valence-electron chi connectivity index (χ3n) is 2.62. The van der Waals surface area contributed by atoms with Crippen molar-refractivity contribution in [1.29, 1.82) is 0 Å². The van der Waals surface area contributed by atoms with Crippen molar-refractivity contribution < 1.29 is 8.42 Å². The fourth-order valence-corrected chi connectivity index (χ4v) is 4.05. The highest BCUT2D eigenvalue weighted by Gasteiger charge is 2.20. The van der Waals surface area contributed by atoms with Gasteiger partial charge in [-0.1, -0.05) is 13.8 Å². The molecule has 0 spiro atoms. The van der Waals surface area contributed by atoms with Crippen LogP contribution in [0, 0.1) is 0 Å². The Morgan fingerprint density at radius 3 is 2.75 bits per heavy atom. The molecule has 8 heteroatoms. The number of thiophene rings is 1. The molecule has 2 N–H and O–H groups in total. The molecule has 0 amide bonds. The van der Waals surface area contributed by atoms with E-state index >= 15 is 0 Å². The van der Waals surface area contributed by atoms with Crippen LogP contribution in [0.15, 0.2) is 28.6 Å². The van der Waals surface area contributed by atoms with Crippen LogP contribution >= 0.6 is 11.3 Å². The van der Waals surface area contributed by atoms with E-state index in [0.717, 1.165) is 4.88 Å². The number of aromatic nitrogens is 2. The molecule has 2 aromatic rings. The van der Waals surface area contributed by atoms with Gasteiger partial charge in [-0.15, -0.1) is 11.3 Å². The lowest BCUT2D eigenvalue weighted by Crippen LogP contribution is -2.23. The van der Waals surface area contributed by atoms with E-state index in [4.69, 9.17) is 0 Å². The summed E-state index contributed by atoms with van der Waals surface area (Å²) in [7, 11) is -1.85. The van der Waals surface area contributed by atoms with Crippen LogP contribution in [-0.2, 0) is 23.6 Å². The molecule has 0 unspecified atom stereocenters. The Morgan fingerprint density at radius 1 is 1.40 bits per heavy atom. The van der Waals surface area contributed by atoms with Gasteiger partial charge in [0.2, 0.25) is 0 Å². The van der Waals surface area contributed by atoms with E-state index in [-0.39, 0.29) is 0 Å². The highest BCUT2D eigenvalue weighted by molar-refractivity contribution is 7.92. The van der Waals surface area contributed by atoms with Crippen LogP contribution in [0.4, 0.5) is 5.82 Å². The van der Waals surface area contributed by atoms with Gasteiger partial charge in [0.15, 0.2) is 5.82 Å². The number of sulfonamides is 1. The molecule has 0 radical (unpaired) electrons. The lowest BCUT2D eigenvalue weighted by atomic mass is 10.4. The van der Waals surface area contributed by atoms with Crippen molar-refractivity contribution in [2.24, 2.45) is 7.05 Å². The Bertz CT molecular complexity index is 673. The Morgan fingerprint density at radius 2 is 2.15 bits per heavy atom. The van der Waals surface area contributed by atoms with Crippen molar-refractivity contribution in [3.63, 3.8) is 0 Å². The molecule has 0 aliphatic rings. The summed E-state index contributed by atoms with van der Waals surface area (Å²) in [6.45, 7) is 4.58. The SMILES string of the molecule is CC(C)NCc1sccc1S(=O)(=O)Nc1ccn(C)n1. The maximum atomic E-state index is 12.4. The van der Waals surface area contributed by atoms with Crippen molar-refractivity contribution in [3.05, 3.63) is 28.6 Å². The third kappa shape index (κ3) is 3.59. The molecular formula is C12H18N4O2S2. The number of hydrogen-bond donors (Lipinski definition) is 2. The molecule has 0 atom stereocenters. The van der Waals surface area contributed by atoms with Gasteiger partial charge in [0.1, 0.15) is 4.90 Å². The summed E-state index contributed by atoms with van der Waals surface area (Å²) < 4.78 is 28.7. The van der Waals surface area contributed by atoms with Gasteiger partial charge < -0.3 is 5.32 Å². The average molecular weight is 314 g/mol. The number of nitrogens with one attached hydrogen (secondary N) is 2. The van der Waals surface area contributed by atoms with Gasteiger partial charge in [-0.2, -0.15) is 5.10 Å². The van der Waals surface area contributed by atoms with E-state index in [1.807, 2.05) is 13.8 Å². The number of hydrogen-bond acceptors (Lipinski definition) is 5. The van der Waals surface area contributed by atoms with Gasteiger partial charge >= 0.3 is 0 Å². The highest BCUT2D eigenvalue weighted by Crippen LogP contribution is 2.23. The smallest absolute Gasteiger partial charge is 0.264 e. The number of rotatable bonds is 6. The quantitative estimate of drug-likeness (QED) is 0.852. The molecular weight excluding hydrogens is 296 g/mol. The Balaban J connectivity index is 2.19. The molecule has 0 saturated carbocycles. The molecule has 110 valence electrons. The van der Waals surface area contributed by atoms with Crippen LogP contribution in [0.1, 0.15) is 18.7 Å². The number of aryl methyl sites for hydroxylation is 1. The summed E-state index contributed by atoms with van der Waals surface area (Å²) in [5.74, 6) is 0.321. The van der Waals surface area contributed by atoms with Crippen LogP contribution in [0.5, 0.6) is 0 Å². The molecule has 0 bridgehead atoms. The van der Waals surface area contributed by atoms with Gasteiger partial charge in [0.25, 0.3) is 10.0 Å². The van der Waals surface area contributed by atoms with Crippen LogP contribution in [0.2, 0.25) is 0 Å². The van der Waals surface area contributed by atoms with Gasteiger partial charge in [0, 0.05) is 36.8 Å². The molecule has 0 aliphatic heterocycles. The average Bonchev–Trinajstić information content (AvgIpc) is 2.95. The third-order valence-corrected chi connectivity index (χ3v) is 5.11. The summed E-state index contributed by atoms with van der Waals surface area (Å²) in [6, 6.07) is 3.54. The van der Waals surface area contributed by atoms with Gasteiger partial charge in [0.05, 0.1) is 0 Å². The fraction of sp³-hybridized carbons (Fsp3) is 0.417. The minimum Gasteiger partial charge on any atom is -0.310 e. The van der Waals surface area contributed by atoms with Gasteiger partial charge in [-0.3, -0.25) is 9.40 Å². The zero-order valence-corrected chi connectivity index (χ0v) is 13.3. The summed E-state index contributed by atoms with van der Waals surface area (Å²) in [6.07, 6.45) is 1.69. The van der Waals surface area contributed by atoms with Crippen molar-refractivity contribution in [3.8, 4) is 0 Å². The Labute approximate surface area is 122 Å². The summed E-state index contributed by atoms with van der Waals surface area (Å²) in [5.41, 5.74) is 0. The topological polar surface area (TPSA) is 76.0 Å². The van der Waals surface area contributed by atoms with E-state index < -0.39 is 10.0 Å². The fourth-order valence-electron chi connectivity index (χ4n) is 1.66.